The highest BCUT2D eigenvalue weighted by Gasteiger charge is 2.30. The molecule has 1 aromatic heterocycles. The molecule has 0 spiro atoms. The van der Waals surface area contributed by atoms with Gasteiger partial charge < -0.3 is 10.1 Å². The maximum Gasteiger partial charge on any atom is 0.196 e. The lowest BCUT2D eigenvalue weighted by Gasteiger charge is -2.36. The van der Waals surface area contributed by atoms with E-state index in [-0.39, 0.29) is 24.2 Å². The number of nitrogens with one attached hydrogen (secondary N) is 1. The standard InChI is InChI=1S/C18H28N2O3/c1-11-16(14(4)22)12(2)19-17(11)18(23)13(3)20-8-5-6-15(10-20)7-9-21/h13,15,19,21H,5-10H2,1-4H3/t13-,15+/m1/s1. The molecular formula is C18H28N2O3. The smallest absolute Gasteiger partial charge is 0.196 e. The number of piperidine rings is 1. The van der Waals surface area contributed by atoms with E-state index < -0.39 is 0 Å². The van der Waals surface area contributed by atoms with Crippen molar-refractivity contribution in [3.63, 3.8) is 0 Å². The quantitative estimate of drug-likeness (QED) is 0.790. The monoisotopic (exact) mass is 320 g/mol. The molecule has 2 rings (SSSR count). The van der Waals surface area contributed by atoms with E-state index in [4.69, 9.17) is 5.11 Å². The molecule has 5 nitrogen and oxygen atoms in total. The van der Waals surface area contributed by atoms with Crippen molar-refractivity contribution in [2.75, 3.05) is 19.7 Å². The van der Waals surface area contributed by atoms with Gasteiger partial charge in [0.15, 0.2) is 11.6 Å². The molecule has 0 aromatic carbocycles. The molecule has 0 saturated carbocycles. The molecule has 2 N–H and O–H groups in total. The first kappa shape index (κ1) is 17.9. The molecule has 1 saturated heterocycles. The van der Waals surface area contributed by atoms with Gasteiger partial charge in [0.25, 0.3) is 0 Å². The van der Waals surface area contributed by atoms with E-state index in [1.165, 1.54) is 6.92 Å². The Morgan fingerprint density at radius 1 is 1.39 bits per heavy atom. The topological polar surface area (TPSA) is 73.4 Å². The minimum Gasteiger partial charge on any atom is -0.396 e. The molecule has 0 aliphatic carbocycles. The summed E-state index contributed by atoms with van der Waals surface area (Å²) in [6.07, 6.45) is 2.98. The highest BCUT2D eigenvalue weighted by molar-refractivity contribution is 6.05. The Bertz CT molecular complexity index is 589. The second-order valence-electron chi connectivity index (χ2n) is 6.74. The maximum atomic E-state index is 12.9. The van der Waals surface area contributed by atoms with E-state index in [0.717, 1.165) is 43.6 Å². The number of likely N-dealkylation sites (tertiary alicyclic amines) is 1. The highest BCUT2D eigenvalue weighted by Crippen LogP contribution is 2.24. The van der Waals surface area contributed by atoms with Gasteiger partial charge in [0.1, 0.15) is 0 Å². The fraction of sp³-hybridized carbons (Fsp3) is 0.667. The number of aliphatic hydroxyl groups is 1. The number of aliphatic hydroxyl groups excluding tert-OH is 1. The Morgan fingerprint density at radius 3 is 2.65 bits per heavy atom. The van der Waals surface area contributed by atoms with E-state index in [2.05, 4.69) is 9.88 Å². The van der Waals surface area contributed by atoms with Gasteiger partial charge in [-0.25, -0.2) is 0 Å². The first-order valence-electron chi connectivity index (χ1n) is 8.46. The molecule has 2 heterocycles. The first-order chi connectivity index (χ1) is 10.9. The second kappa shape index (κ2) is 7.41. The van der Waals surface area contributed by atoms with Crippen molar-refractivity contribution in [1.29, 1.82) is 0 Å². The van der Waals surface area contributed by atoms with Crippen molar-refractivity contribution < 1.29 is 14.7 Å². The van der Waals surface area contributed by atoms with Gasteiger partial charge in [-0.1, -0.05) is 0 Å². The molecular weight excluding hydrogens is 292 g/mol. The van der Waals surface area contributed by atoms with Gasteiger partial charge in [-0.05, 0) is 65.0 Å². The third kappa shape index (κ3) is 3.72. The summed E-state index contributed by atoms with van der Waals surface area (Å²) >= 11 is 0. The Hall–Kier alpha value is -1.46. The zero-order chi connectivity index (χ0) is 17.1. The summed E-state index contributed by atoms with van der Waals surface area (Å²) in [4.78, 5) is 29.9. The van der Waals surface area contributed by atoms with Crippen LogP contribution in [0.2, 0.25) is 0 Å². The van der Waals surface area contributed by atoms with Gasteiger partial charge in [0, 0.05) is 24.4 Å². The maximum absolute atomic E-state index is 12.9. The lowest BCUT2D eigenvalue weighted by molar-refractivity contribution is 0.0723. The van der Waals surface area contributed by atoms with Crippen molar-refractivity contribution in [2.24, 2.45) is 5.92 Å². The fourth-order valence-electron chi connectivity index (χ4n) is 3.77. The largest absolute Gasteiger partial charge is 0.396 e. The lowest BCUT2D eigenvalue weighted by Crippen LogP contribution is -2.45. The van der Waals surface area contributed by atoms with Crippen LogP contribution in [0.3, 0.4) is 0 Å². The van der Waals surface area contributed by atoms with Crippen molar-refractivity contribution >= 4 is 11.6 Å². The van der Waals surface area contributed by atoms with Crippen LogP contribution in [0.5, 0.6) is 0 Å². The molecule has 1 aromatic rings. The third-order valence-electron chi connectivity index (χ3n) is 5.05. The van der Waals surface area contributed by atoms with Crippen LogP contribution in [-0.2, 0) is 0 Å². The summed E-state index contributed by atoms with van der Waals surface area (Å²) in [5.74, 6) is 0.495. The van der Waals surface area contributed by atoms with Crippen LogP contribution in [0.15, 0.2) is 0 Å². The average Bonchev–Trinajstić information content (AvgIpc) is 2.81. The highest BCUT2D eigenvalue weighted by atomic mass is 16.3. The fourth-order valence-corrected chi connectivity index (χ4v) is 3.77. The summed E-state index contributed by atoms with van der Waals surface area (Å²) in [6.45, 7) is 9.11. The summed E-state index contributed by atoms with van der Waals surface area (Å²) in [7, 11) is 0. The number of hydrogen-bond acceptors (Lipinski definition) is 4. The van der Waals surface area contributed by atoms with E-state index in [9.17, 15) is 9.59 Å². The van der Waals surface area contributed by atoms with Gasteiger partial charge in [0.2, 0.25) is 0 Å². The van der Waals surface area contributed by atoms with Crippen LogP contribution >= 0.6 is 0 Å². The molecule has 1 aliphatic rings. The van der Waals surface area contributed by atoms with Crippen molar-refractivity contribution in [2.45, 2.75) is 53.0 Å². The van der Waals surface area contributed by atoms with Crippen LogP contribution in [0.1, 0.15) is 65.2 Å². The summed E-state index contributed by atoms with van der Waals surface area (Å²) in [5, 5.41) is 9.13. The summed E-state index contributed by atoms with van der Waals surface area (Å²) in [6, 6.07) is -0.215. The minimum absolute atomic E-state index is 0.0102. The van der Waals surface area contributed by atoms with Crippen LogP contribution in [0.25, 0.3) is 0 Å². The number of carbonyl (C=O) groups excluding carboxylic acids is 2. The van der Waals surface area contributed by atoms with Gasteiger partial charge in [-0.2, -0.15) is 0 Å². The van der Waals surface area contributed by atoms with Gasteiger partial charge in [0.05, 0.1) is 11.7 Å². The molecule has 1 aliphatic heterocycles. The first-order valence-corrected chi connectivity index (χ1v) is 8.46. The predicted octanol–water partition coefficient (Wildman–Crippen LogP) is 2.50. The number of rotatable bonds is 6. The Labute approximate surface area is 138 Å². The van der Waals surface area contributed by atoms with Gasteiger partial charge >= 0.3 is 0 Å². The predicted molar refractivity (Wildman–Crippen MR) is 90.1 cm³/mol. The lowest BCUT2D eigenvalue weighted by atomic mass is 9.93. The SMILES string of the molecule is CC(=O)c1c(C)[nH]c(C(=O)[C@@H](C)N2CCC[C@@H](CCO)C2)c1C. The van der Waals surface area contributed by atoms with E-state index in [1.54, 1.807) is 0 Å². The number of nitrogens with zero attached hydrogens (tertiary/aromatic N) is 1. The molecule has 1 fully saturated rings. The van der Waals surface area contributed by atoms with Crippen molar-refractivity contribution in [3.05, 3.63) is 22.5 Å². The molecule has 0 bridgehead atoms. The van der Waals surface area contributed by atoms with E-state index in [1.807, 2.05) is 20.8 Å². The Balaban J connectivity index is 2.17. The number of aryl methyl sites for hydroxylation is 1. The third-order valence-corrected chi connectivity index (χ3v) is 5.05. The van der Waals surface area contributed by atoms with Crippen molar-refractivity contribution in [1.82, 2.24) is 9.88 Å². The number of aromatic nitrogens is 1. The van der Waals surface area contributed by atoms with Crippen LogP contribution < -0.4 is 0 Å². The number of hydrogen-bond donors (Lipinski definition) is 2. The van der Waals surface area contributed by atoms with Gasteiger partial charge in [-0.3, -0.25) is 14.5 Å². The normalized spacial score (nSPS) is 20.5. The number of carbonyl (C=O) groups is 2. The van der Waals surface area contributed by atoms with Crippen molar-refractivity contribution in [3.8, 4) is 0 Å². The van der Waals surface area contributed by atoms with Crippen LogP contribution in [-0.4, -0.2) is 52.3 Å². The summed E-state index contributed by atoms with van der Waals surface area (Å²) < 4.78 is 0. The number of Topliss-reactive ketones (excluding diaryl/α,β-unsaturated/α-hetero) is 2. The number of H-pyrrole nitrogens is 1. The number of ketones is 2. The zero-order valence-electron chi connectivity index (χ0n) is 14.6. The van der Waals surface area contributed by atoms with Crippen LogP contribution in [0, 0.1) is 19.8 Å². The second-order valence-corrected chi connectivity index (χ2v) is 6.74. The van der Waals surface area contributed by atoms with Gasteiger partial charge in [-0.15, -0.1) is 0 Å². The molecule has 23 heavy (non-hydrogen) atoms. The molecule has 5 heteroatoms. The summed E-state index contributed by atoms with van der Waals surface area (Å²) in [5.41, 5.74) is 2.72. The van der Waals surface area contributed by atoms with E-state index in [0.29, 0.717) is 17.2 Å². The minimum atomic E-state index is -0.215. The number of aromatic amines is 1. The Kier molecular flexibility index (Phi) is 5.76. The molecule has 0 unspecified atom stereocenters. The molecule has 0 amide bonds. The zero-order valence-corrected chi connectivity index (χ0v) is 14.6. The Morgan fingerprint density at radius 2 is 2.09 bits per heavy atom. The molecule has 2 atom stereocenters. The molecule has 128 valence electrons. The average molecular weight is 320 g/mol. The van der Waals surface area contributed by atoms with Crippen LogP contribution in [0.4, 0.5) is 0 Å². The molecule has 0 radical (unpaired) electrons. The van der Waals surface area contributed by atoms with E-state index >= 15 is 0 Å².